The lowest BCUT2D eigenvalue weighted by molar-refractivity contribution is 0.661. The van der Waals surface area contributed by atoms with E-state index in [-0.39, 0.29) is 5.41 Å². The van der Waals surface area contributed by atoms with Crippen molar-refractivity contribution in [1.29, 1.82) is 0 Å². The molecule has 0 aromatic heterocycles. The zero-order chi connectivity index (χ0) is 47.7. The molecule has 0 fully saturated rings. The molecule has 11 aromatic rings. The van der Waals surface area contributed by atoms with Gasteiger partial charge in [0.05, 0.1) is 5.69 Å². The van der Waals surface area contributed by atoms with Crippen molar-refractivity contribution in [3.8, 4) is 66.8 Å². The van der Waals surface area contributed by atoms with E-state index in [1.165, 1.54) is 72.4 Å². The fourth-order valence-corrected chi connectivity index (χ4v) is 10.9. The highest BCUT2D eigenvalue weighted by Crippen LogP contribution is 2.57. The maximum absolute atomic E-state index is 2.45. The normalized spacial score (nSPS) is 12.2. The summed E-state index contributed by atoms with van der Waals surface area (Å²) in [5, 5.41) is 0. The van der Waals surface area contributed by atoms with Crippen LogP contribution in [0.4, 0.5) is 34.1 Å². The van der Waals surface area contributed by atoms with Gasteiger partial charge in [-0.15, -0.1) is 0 Å². The molecule has 0 saturated heterocycles. The number of hydrogen-bond donors (Lipinski definition) is 0. The average Bonchev–Trinajstić information content (AvgIpc) is 3.69. The molecule has 11 aromatic carbocycles. The topological polar surface area (TPSA) is 6.48 Å². The summed E-state index contributed by atoms with van der Waals surface area (Å²) in [6.07, 6.45) is 0. The minimum Gasteiger partial charge on any atom is -0.311 e. The van der Waals surface area contributed by atoms with Gasteiger partial charge < -0.3 is 9.80 Å². The minimum atomic E-state index is -0.247. The van der Waals surface area contributed by atoms with Crippen LogP contribution >= 0.6 is 0 Å². The lowest BCUT2D eigenvalue weighted by Gasteiger charge is -2.32. The molecule has 2 heteroatoms. The first-order valence-corrected chi connectivity index (χ1v) is 24.6. The van der Waals surface area contributed by atoms with Gasteiger partial charge >= 0.3 is 0 Å². The van der Waals surface area contributed by atoms with Crippen LogP contribution in [0.3, 0.4) is 0 Å². The van der Waals surface area contributed by atoms with Gasteiger partial charge in [-0.05, 0) is 157 Å². The van der Waals surface area contributed by atoms with E-state index in [1.807, 2.05) is 0 Å². The number of nitrogens with zero attached hydrogens (tertiary/aromatic N) is 2. The molecule has 0 amide bonds. The summed E-state index contributed by atoms with van der Waals surface area (Å²) in [5.74, 6) is 0. The molecule has 12 rings (SSSR count). The molecule has 0 atom stereocenters. The number of fused-ring (bicyclic) bond motifs is 3. The summed E-state index contributed by atoms with van der Waals surface area (Å²) >= 11 is 0. The van der Waals surface area contributed by atoms with Crippen molar-refractivity contribution in [3.63, 3.8) is 0 Å². The maximum Gasteiger partial charge on any atom is 0.0508 e. The van der Waals surface area contributed by atoms with Crippen LogP contribution in [0.2, 0.25) is 0 Å². The molecule has 0 heterocycles. The molecule has 0 radical (unpaired) electrons. The molecule has 1 aliphatic carbocycles. The van der Waals surface area contributed by atoms with E-state index in [9.17, 15) is 0 Å². The molecule has 2 nitrogen and oxygen atoms in total. The number of hydrogen-bond acceptors (Lipinski definition) is 2. The van der Waals surface area contributed by atoms with E-state index in [2.05, 4.69) is 303 Å². The average molecular weight is 909 g/mol. The van der Waals surface area contributed by atoms with Crippen LogP contribution in [-0.2, 0) is 5.41 Å². The van der Waals surface area contributed by atoms with Gasteiger partial charge in [-0.2, -0.15) is 0 Å². The molecule has 71 heavy (non-hydrogen) atoms. The quantitative estimate of drug-likeness (QED) is 0.128. The number of benzene rings is 11. The third kappa shape index (κ3) is 8.00. The van der Waals surface area contributed by atoms with Crippen LogP contribution in [0.25, 0.3) is 66.8 Å². The van der Waals surface area contributed by atoms with Crippen molar-refractivity contribution in [2.45, 2.75) is 19.3 Å². The second-order valence-corrected chi connectivity index (χ2v) is 18.9. The Bertz CT molecular complexity index is 3570. The molecule has 338 valence electrons. The Morgan fingerprint density at radius 3 is 1.01 bits per heavy atom. The lowest BCUT2D eigenvalue weighted by Crippen LogP contribution is -2.20. The highest BCUT2D eigenvalue weighted by molar-refractivity contribution is 5.99. The largest absolute Gasteiger partial charge is 0.311 e. The Hall–Kier alpha value is -8.98. The van der Waals surface area contributed by atoms with Gasteiger partial charge in [0, 0.05) is 33.9 Å². The van der Waals surface area contributed by atoms with Crippen LogP contribution in [0, 0.1) is 0 Å². The van der Waals surface area contributed by atoms with E-state index in [0.717, 1.165) is 39.6 Å². The third-order valence-electron chi connectivity index (χ3n) is 14.2. The first-order valence-electron chi connectivity index (χ1n) is 24.6. The van der Waals surface area contributed by atoms with Crippen LogP contribution in [0.15, 0.2) is 279 Å². The summed E-state index contributed by atoms with van der Waals surface area (Å²) in [5.41, 5.74) is 23.7. The molecule has 0 saturated carbocycles. The molecule has 0 unspecified atom stereocenters. The highest BCUT2D eigenvalue weighted by atomic mass is 15.1. The maximum atomic E-state index is 2.45. The smallest absolute Gasteiger partial charge is 0.0508 e. The highest BCUT2D eigenvalue weighted by Gasteiger charge is 2.40. The van der Waals surface area contributed by atoms with Gasteiger partial charge in [0.1, 0.15) is 0 Å². The Morgan fingerprint density at radius 2 is 0.577 bits per heavy atom. The Labute approximate surface area is 418 Å². The second kappa shape index (κ2) is 18.5. The summed E-state index contributed by atoms with van der Waals surface area (Å²) in [7, 11) is 0. The van der Waals surface area contributed by atoms with Crippen LogP contribution in [0.1, 0.15) is 25.0 Å². The molecule has 1 aliphatic rings. The van der Waals surface area contributed by atoms with Crippen molar-refractivity contribution < 1.29 is 0 Å². The van der Waals surface area contributed by atoms with Crippen LogP contribution in [0.5, 0.6) is 0 Å². The Balaban J connectivity index is 0.988. The predicted octanol–water partition coefficient (Wildman–Crippen LogP) is 19.3. The van der Waals surface area contributed by atoms with Crippen molar-refractivity contribution in [1.82, 2.24) is 0 Å². The summed E-state index contributed by atoms with van der Waals surface area (Å²) in [4.78, 5) is 4.77. The fraction of sp³-hybridized carbons (Fsp3) is 0.0435. The van der Waals surface area contributed by atoms with Crippen molar-refractivity contribution in [2.75, 3.05) is 9.80 Å². The van der Waals surface area contributed by atoms with E-state index in [4.69, 9.17) is 0 Å². The minimum absolute atomic E-state index is 0.247. The van der Waals surface area contributed by atoms with E-state index >= 15 is 0 Å². The van der Waals surface area contributed by atoms with Crippen LogP contribution < -0.4 is 9.80 Å². The van der Waals surface area contributed by atoms with Crippen molar-refractivity contribution in [2.24, 2.45) is 0 Å². The monoisotopic (exact) mass is 908 g/mol. The first-order chi connectivity index (χ1) is 35.0. The van der Waals surface area contributed by atoms with E-state index < -0.39 is 0 Å². The van der Waals surface area contributed by atoms with Crippen molar-refractivity contribution >= 4 is 34.1 Å². The number of anilines is 6. The second-order valence-electron chi connectivity index (χ2n) is 18.9. The zero-order valence-corrected chi connectivity index (χ0v) is 40.0. The van der Waals surface area contributed by atoms with Gasteiger partial charge in [0.25, 0.3) is 0 Å². The Kier molecular flexibility index (Phi) is 11.3. The molecule has 0 bridgehead atoms. The lowest BCUT2D eigenvalue weighted by atomic mass is 9.80. The molecular formula is C69H52N2. The summed E-state index contributed by atoms with van der Waals surface area (Å²) < 4.78 is 0. The fourth-order valence-electron chi connectivity index (χ4n) is 10.9. The van der Waals surface area contributed by atoms with Gasteiger partial charge in [0.2, 0.25) is 0 Å². The van der Waals surface area contributed by atoms with E-state index in [1.54, 1.807) is 0 Å². The van der Waals surface area contributed by atoms with E-state index in [0.29, 0.717) is 0 Å². The SMILES string of the molecule is CC1(C)c2cccc(-c3ccccc3)c2-c2cccc(N(c3ccccc3)c3ccc(-c4cc(-c5ccccc5)c(-c5ccc(N(c6ccccc6)c6ccccc6)cc5)cc4-c4ccccc4)cc3)c21. The molecule has 0 spiro atoms. The summed E-state index contributed by atoms with van der Waals surface area (Å²) in [6, 6.07) is 101. The molecule has 0 N–H and O–H groups in total. The van der Waals surface area contributed by atoms with Gasteiger partial charge in [-0.1, -0.05) is 214 Å². The van der Waals surface area contributed by atoms with Gasteiger partial charge in [-0.3, -0.25) is 0 Å². The zero-order valence-electron chi connectivity index (χ0n) is 40.0. The summed E-state index contributed by atoms with van der Waals surface area (Å²) in [6.45, 7) is 4.78. The predicted molar refractivity (Wildman–Crippen MR) is 301 cm³/mol. The van der Waals surface area contributed by atoms with Gasteiger partial charge in [0.15, 0.2) is 0 Å². The van der Waals surface area contributed by atoms with Gasteiger partial charge in [-0.25, -0.2) is 0 Å². The standard InChI is InChI=1S/C69H52N2/c1-69(2)65-37-21-35-59(49-23-9-3-10-24-49)67(65)60-36-22-38-66(68(60)69)71(56-33-19-8-20-34-56)58-45-41-53(42-46-58)64-48-61(50-25-11-4-12-26-50)63(47-62(64)51-27-13-5-14-28-51)52-39-43-57(44-40-52)70(54-29-15-6-16-30-54)55-31-17-7-18-32-55/h3-48H,1-2H3. The first kappa shape index (κ1) is 43.3. The molecular weight excluding hydrogens is 857 g/mol. The Morgan fingerprint density at radius 1 is 0.254 bits per heavy atom. The van der Waals surface area contributed by atoms with Crippen LogP contribution in [-0.4, -0.2) is 0 Å². The third-order valence-corrected chi connectivity index (χ3v) is 14.2. The number of rotatable bonds is 11. The number of para-hydroxylation sites is 3. The van der Waals surface area contributed by atoms with Crippen molar-refractivity contribution in [3.05, 3.63) is 290 Å². The molecule has 0 aliphatic heterocycles.